The fourth-order valence-electron chi connectivity index (χ4n) is 3.97. The van der Waals surface area contributed by atoms with Crippen LogP contribution in [-0.2, 0) is 19.6 Å². The number of benzene rings is 1. The molecule has 3 heterocycles. The minimum absolute atomic E-state index is 0.0887. The second-order valence-electron chi connectivity index (χ2n) is 7.67. The average Bonchev–Trinajstić information content (AvgIpc) is 3.24. The van der Waals surface area contributed by atoms with Crippen LogP contribution in [0.1, 0.15) is 45.6 Å². The SMILES string of the molecule is CCn1nc(C)c(CC(=O)c2c(C)nc3c(OCc4c(F)cccc4F)cccn23)c1C. The van der Waals surface area contributed by atoms with Crippen LogP contribution in [0.5, 0.6) is 5.75 Å². The van der Waals surface area contributed by atoms with Gasteiger partial charge in [-0.05, 0) is 52.0 Å². The van der Waals surface area contributed by atoms with Gasteiger partial charge in [-0.25, -0.2) is 13.8 Å². The Morgan fingerprint density at radius 3 is 2.41 bits per heavy atom. The van der Waals surface area contributed by atoms with Gasteiger partial charge in [0.1, 0.15) is 23.9 Å². The molecule has 0 aliphatic carbocycles. The van der Waals surface area contributed by atoms with Gasteiger partial charge in [0.2, 0.25) is 0 Å². The van der Waals surface area contributed by atoms with Gasteiger partial charge in [-0.1, -0.05) is 6.07 Å². The Balaban J connectivity index is 1.65. The average molecular weight is 438 g/mol. The maximum Gasteiger partial charge on any atom is 0.185 e. The number of aryl methyl sites for hydroxylation is 3. The van der Waals surface area contributed by atoms with Crippen molar-refractivity contribution in [2.45, 2.75) is 47.3 Å². The summed E-state index contributed by atoms with van der Waals surface area (Å²) in [6.07, 6.45) is 1.94. The fraction of sp³-hybridized carbons (Fsp3) is 0.292. The van der Waals surface area contributed by atoms with Gasteiger partial charge < -0.3 is 4.74 Å². The summed E-state index contributed by atoms with van der Waals surface area (Å²) in [5.74, 6) is -1.10. The zero-order chi connectivity index (χ0) is 23.0. The summed E-state index contributed by atoms with van der Waals surface area (Å²) in [7, 11) is 0. The van der Waals surface area contributed by atoms with Crippen LogP contribution in [0.25, 0.3) is 5.65 Å². The van der Waals surface area contributed by atoms with Gasteiger partial charge in [0.25, 0.3) is 0 Å². The molecule has 0 aliphatic heterocycles. The lowest BCUT2D eigenvalue weighted by Gasteiger charge is -2.09. The van der Waals surface area contributed by atoms with Crippen molar-refractivity contribution < 1.29 is 18.3 Å². The molecule has 1 aromatic carbocycles. The lowest BCUT2D eigenvalue weighted by atomic mass is 10.0. The zero-order valence-electron chi connectivity index (χ0n) is 18.4. The topological polar surface area (TPSA) is 61.4 Å². The largest absolute Gasteiger partial charge is 0.485 e. The smallest absolute Gasteiger partial charge is 0.185 e. The summed E-state index contributed by atoms with van der Waals surface area (Å²) in [6.45, 7) is 8.07. The number of rotatable bonds is 7. The number of pyridine rings is 1. The van der Waals surface area contributed by atoms with E-state index < -0.39 is 11.6 Å². The molecule has 4 aromatic rings. The second-order valence-corrected chi connectivity index (χ2v) is 7.67. The highest BCUT2D eigenvalue weighted by molar-refractivity contribution is 5.98. The maximum absolute atomic E-state index is 13.9. The van der Waals surface area contributed by atoms with Gasteiger partial charge in [0.05, 0.1) is 17.0 Å². The standard InChI is InChI=1S/C24H24F2N4O2/c1-5-30-16(4)17(14(2)28-30)12-21(31)23-15(3)27-24-22(10-7-11-29(23)24)32-13-18-19(25)8-6-9-20(18)26/h6-11H,5,12-13H2,1-4H3. The molecule has 166 valence electrons. The molecule has 8 heteroatoms. The molecule has 0 radical (unpaired) electrons. The number of ketones is 1. The summed E-state index contributed by atoms with van der Waals surface area (Å²) in [5.41, 5.74) is 3.98. The molecular formula is C24H24F2N4O2. The molecule has 32 heavy (non-hydrogen) atoms. The number of fused-ring (bicyclic) bond motifs is 1. The van der Waals surface area contributed by atoms with Crippen molar-refractivity contribution in [3.63, 3.8) is 0 Å². The van der Waals surface area contributed by atoms with Crippen LogP contribution in [0.15, 0.2) is 36.5 Å². The Kier molecular flexibility index (Phi) is 5.78. The number of ether oxygens (including phenoxy) is 1. The van der Waals surface area contributed by atoms with E-state index in [2.05, 4.69) is 10.1 Å². The molecular weight excluding hydrogens is 414 g/mol. The first-order valence-corrected chi connectivity index (χ1v) is 10.4. The van der Waals surface area contributed by atoms with E-state index in [0.717, 1.165) is 23.5 Å². The van der Waals surface area contributed by atoms with Gasteiger partial charge in [0.15, 0.2) is 17.2 Å². The van der Waals surface area contributed by atoms with Crippen LogP contribution < -0.4 is 4.74 Å². The third kappa shape index (κ3) is 3.77. The summed E-state index contributed by atoms with van der Waals surface area (Å²) in [5, 5.41) is 4.49. The molecule has 0 spiro atoms. The third-order valence-electron chi connectivity index (χ3n) is 5.65. The Labute approximate surface area is 184 Å². The minimum atomic E-state index is -0.675. The molecule has 0 aliphatic rings. The van der Waals surface area contributed by atoms with E-state index in [0.29, 0.717) is 22.8 Å². The molecule has 0 saturated carbocycles. The van der Waals surface area contributed by atoms with Crippen LogP contribution in [0.3, 0.4) is 0 Å². The van der Waals surface area contributed by atoms with Crippen molar-refractivity contribution in [2.75, 3.05) is 0 Å². The maximum atomic E-state index is 13.9. The predicted molar refractivity (Wildman–Crippen MR) is 116 cm³/mol. The fourth-order valence-corrected chi connectivity index (χ4v) is 3.97. The number of hydrogen-bond acceptors (Lipinski definition) is 4. The van der Waals surface area contributed by atoms with Gasteiger partial charge in [-0.2, -0.15) is 5.10 Å². The summed E-state index contributed by atoms with van der Waals surface area (Å²) in [6, 6.07) is 7.04. The van der Waals surface area contributed by atoms with E-state index in [1.165, 1.54) is 18.2 Å². The first-order valence-electron chi connectivity index (χ1n) is 10.4. The highest BCUT2D eigenvalue weighted by Gasteiger charge is 2.22. The van der Waals surface area contributed by atoms with Crippen LogP contribution in [0.4, 0.5) is 8.78 Å². The van der Waals surface area contributed by atoms with Crippen LogP contribution in [0, 0.1) is 32.4 Å². The molecule has 4 rings (SSSR count). The quantitative estimate of drug-likeness (QED) is 0.391. The number of halogens is 2. The first-order chi connectivity index (χ1) is 15.3. The van der Waals surface area contributed by atoms with E-state index in [1.807, 2.05) is 25.5 Å². The Bertz CT molecular complexity index is 1300. The molecule has 0 atom stereocenters. The van der Waals surface area contributed by atoms with Crippen molar-refractivity contribution in [3.05, 3.63) is 82.1 Å². The Morgan fingerprint density at radius 1 is 1.03 bits per heavy atom. The third-order valence-corrected chi connectivity index (χ3v) is 5.65. The molecule has 0 saturated heterocycles. The highest BCUT2D eigenvalue weighted by Crippen LogP contribution is 2.25. The number of hydrogen-bond donors (Lipinski definition) is 0. The Morgan fingerprint density at radius 2 is 1.75 bits per heavy atom. The van der Waals surface area contributed by atoms with E-state index in [9.17, 15) is 13.6 Å². The van der Waals surface area contributed by atoms with Crippen molar-refractivity contribution in [1.29, 1.82) is 0 Å². The molecule has 0 unspecified atom stereocenters. The van der Waals surface area contributed by atoms with Gasteiger partial charge >= 0.3 is 0 Å². The first kappa shape index (κ1) is 21.7. The van der Waals surface area contributed by atoms with Crippen LogP contribution >= 0.6 is 0 Å². The van der Waals surface area contributed by atoms with E-state index in [4.69, 9.17) is 4.74 Å². The van der Waals surface area contributed by atoms with Gasteiger partial charge in [-0.15, -0.1) is 0 Å². The molecule has 6 nitrogen and oxygen atoms in total. The number of nitrogens with zero attached hydrogens (tertiary/aromatic N) is 4. The van der Waals surface area contributed by atoms with Crippen molar-refractivity contribution in [3.8, 4) is 5.75 Å². The molecule has 0 amide bonds. The van der Waals surface area contributed by atoms with Crippen molar-refractivity contribution in [1.82, 2.24) is 19.2 Å². The van der Waals surface area contributed by atoms with Crippen LogP contribution in [-0.4, -0.2) is 24.9 Å². The number of imidazole rings is 1. The molecule has 0 fully saturated rings. The lowest BCUT2D eigenvalue weighted by Crippen LogP contribution is -2.10. The van der Waals surface area contributed by atoms with Crippen molar-refractivity contribution in [2.24, 2.45) is 0 Å². The monoisotopic (exact) mass is 438 g/mol. The zero-order valence-corrected chi connectivity index (χ0v) is 18.4. The Hall–Kier alpha value is -3.55. The molecule has 3 aromatic heterocycles. The predicted octanol–water partition coefficient (Wildman–Crippen LogP) is 4.76. The second kappa shape index (κ2) is 8.53. The van der Waals surface area contributed by atoms with Gasteiger partial charge in [0, 0.05) is 30.4 Å². The van der Waals surface area contributed by atoms with E-state index in [1.54, 1.807) is 29.7 Å². The van der Waals surface area contributed by atoms with E-state index in [-0.39, 0.29) is 24.4 Å². The van der Waals surface area contributed by atoms with Gasteiger partial charge in [-0.3, -0.25) is 13.9 Å². The summed E-state index contributed by atoms with van der Waals surface area (Å²) >= 11 is 0. The number of aromatic nitrogens is 4. The van der Waals surface area contributed by atoms with E-state index >= 15 is 0 Å². The summed E-state index contributed by atoms with van der Waals surface area (Å²) < 4.78 is 37.1. The normalized spacial score (nSPS) is 11.3. The number of carbonyl (C=O) groups excluding carboxylic acids is 1. The highest BCUT2D eigenvalue weighted by atomic mass is 19.1. The van der Waals surface area contributed by atoms with Crippen molar-refractivity contribution >= 4 is 11.4 Å². The molecule has 0 bridgehead atoms. The summed E-state index contributed by atoms with van der Waals surface area (Å²) in [4.78, 5) is 17.8. The minimum Gasteiger partial charge on any atom is -0.485 e. The number of carbonyl (C=O) groups is 1. The lowest BCUT2D eigenvalue weighted by molar-refractivity contribution is 0.0986. The molecule has 0 N–H and O–H groups in total. The van der Waals surface area contributed by atoms with Crippen LogP contribution in [0.2, 0.25) is 0 Å². The number of Topliss-reactive ketones (excluding diaryl/α,β-unsaturated/α-hetero) is 1.